The largest absolute Gasteiger partial charge is 0.346 e. The number of carbonyl (C=O) groups excluding carboxylic acids is 5. The van der Waals surface area contributed by atoms with Gasteiger partial charge in [-0.25, -0.2) is 4.79 Å². The second-order valence-electron chi connectivity index (χ2n) is 16.4. The van der Waals surface area contributed by atoms with Gasteiger partial charge in [0.15, 0.2) is 0 Å². The van der Waals surface area contributed by atoms with E-state index in [4.69, 9.17) is 0 Å². The first-order chi connectivity index (χ1) is 22.5. The van der Waals surface area contributed by atoms with E-state index in [2.05, 4.69) is 48.3 Å². The zero-order chi connectivity index (χ0) is 33.5. The molecule has 47 heavy (non-hydrogen) atoms. The number of carbonyl (C=O) groups is 5. The molecule has 0 aromatic carbocycles. The summed E-state index contributed by atoms with van der Waals surface area (Å²) in [4.78, 5) is 69.8. The summed E-state index contributed by atoms with van der Waals surface area (Å²) in [7, 11) is 0. The van der Waals surface area contributed by atoms with Gasteiger partial charge in [0.1, 0.15) is 12.1 Å². The molecule has 10 nitrogen and oxygen atoms in total. The van der Waals surface area contributed by atoms with E-state index in [0.29, 0.717) is 30.7 Å². The number of hydrogen-bond acceptors (Lipinski definition) is 5. The summed E-state index contributed by atoms with van der Waals surface area (Å²) in [5.41, 5.74) is -0.309. The van der Waals surface area contributed by atoms with Crippen molar-refractivity contribution in [2.75, 3.05) is 13.1 Å². The van der Waals surface area contributed by atoms with E-state index in [1.807, 2.05) is 0 Å². The number of ketones is 1. The van der Waals surface area contributed by atoms with Crippen LogP contribution in [0.2, 0.25) is 0 Å². The number of amides is 5. The van der Waals surface area contributed by atoms with Gasteiger partial charge in [-0.05, 0) is 105 Å². The lowest BCUT2D eigenvalue weighted by molar-refractivity contribution is -0.144. The second-order valence-corrected chi connectivity index (χ2v) is 16.4. The van der Waals surface area contributed by atoms with Crippen LogP contribution in [0.25, 0.3) is 0 Å². The molecule has 6 saturated carbocycles. The minimum atomic E-state index is -1.04. The minimum Gasteiger partial charge on any atom is -0.346 e. The first-order valence-corrected chi connectivity index (χ1v) is 18.2. The van der Waals surface area contributed by atoms with Gasteiger partial charge in [0, 0.05) is 18.6 Å². The highest BCUT2D eigenvalue weighted by molar-refractivity contribution is 6.38. The highest BCUT2D eigenvalue weighted by atomic mass is 16.2. The fourth-order valence-corrected chi connectivity index (χ4v) is 10.7. The molecule has 7 fully saturated rings. The van der Waals surface area contributed by atoms with Crippen molar-refractivity contribution in [3.63, 3.8) is 0 Å². The molecular formula is C37H55N5O5. The number of piperidine rings is 1. The molecule has 7 rings (SSSR count). The van der Waals surface area contributed by atoms with Crippen molar-refractivity contribution in [2.24, 2.45) is 40.9 Å². The van der Waals surface area contributed by atoms with Crippen LogP contribution in [-0.2, 0) is 19.2 Å². The average Bonchev–Trinajstić information content (AvgIpc) is 3.34. The lowest BCUT2D eigenvalue weighted by Crippen LogP contribution is -2.64. The van der Waals surface area contributed by atoms with Crippen LogP contribution in [0.3, 0.4) is 0 Å². The molecule has 5 amide bonds. The SMILES string of the molecule is C=CCCC(NC(=O)[C@@H]1[C@@H]2[C@H](CN1C(=O)[C@@H](NC(=O)NC13CC4CC(CC(C4)C1)C3)C1CCCCC1)C2(C)C)C(=O)C(=O)NCC=C. The number of nitrogens with zero attached hydrogens (tertiary/aromatic N) is 1. The highest BCUT2D eigenvalue weighted by Gasteiger charge is 2.70. The van der Waals surface area contributed by atoms with Gasteiger partial charge in [-0.2, -0.15) is 0 Å². The van der Waals surface area contributed by atoms with Crippen molar-refractivity contribution in [1.82, 2.24) is 26.2 Å². The molecule has 10 heteroatoms. The summed E-state index contributed by atoms with van der Waals surface area (Å²) in [6, 6.07) is -2.80. The van der Waals surface area contributed by atoms with Crippen molar-refractivity contribution in [2.45, 2.75) is 121 Å². The Kier molecular flexibility index (Phi) is 9.60. The van der Waals surface area contributed by atoms with Crippen molar-refractivity contribution < 1.29 is 24.0 Å². The molecule has 0 aromatic rings. The molecule has 1 aliphatic heterocycles. The normalized spacial score (nSPS) is 34.4. The van der Waals surface area contributed by atoms with Crippen LogP contribution >= 0.6 is 0 Å². The molecule has 4 bridgehead atoms. The Bertz CT molecular complexity index is 1250. The minimum absolute atomic E-state index is 0.00230. The molecule has 1 saturated heterocycles. The summed E-state index contributed by atoms with van der Waals surface area (Å²) in [6.07, 6.45) is 15.6. The van der Waals surface area contributed by atoms with Crippen LogP contribution in [-0.4, -0.2) is 71.2 Å². The van der Waals surface area contributed by atoms with E-state index in [0.717, 1.165) is 51.4 Å². The fraction of sp³-hybridized carbons (Fsp3) is 0.757. The Morgan fingerprint density at radius 2 is 1.53 bits per heavy atom. The van der Waals surface area contributed by atoms with Gasteiger partial charge in [0.05, 0.1) is 6.04 Å². The van der Waals surface area contributed by atoms with E-state index in [1.54, 1.807) is 11.0 Å². The van der Waals surface area contributed by atoms with Gasteiger partial charge in [0.25, 0.3) is 5.91 Å². The van der Waals surface area contributed by atoms with Crippen LogP contribution in [0.4, 0.5) is 4.79 Å². The van der Waals surface area contributed by atoms with Crippen LogP contribution in [0.15, 0.2) is 25.3 Å². The third-order valence-electron chi connectivity index (χ3n) is 12.8. The predicted octanol–water partition coefficient (Wildman–Crippen LogP) is 4.01. The maximum Gasteiger partial charge on any atom is 0.315 e. The van der Waals surface area contributed by atoms with E-state index >= 15 is 0 Å². The van der Waals surface area contributed by atoms with E-state index < -0.39 is 35.7 Å². The van der Waals surface area contributed by atoms with Crippen LogP contribution < -0.4 is 21.3 Å². The van der Waals surface area contributed by atoms with Gasteiger partial charge in [-0.15, -0.1) is 13.2 Å². The summed E-state index contributed by atoms with van der Waals surface area (Å²) in [6.45, 7) is 12.1. The van der Waals surface area contributed by atoms with Gasteiger partial charge >= 0.3 is 6.03 Å². The van der Waals surface area contributed by atoms with Gasteiger partial charge in [0.2, 0.25) is 17.6 Å². The third-order valence-corrected chi connectivity index (χ3v) is 12.8. The zero-order valence-electron chi connectivity index (χ0n) is 28.4. The van der Waals surface area contributed by atoms with Crippen molar-refractivity contribution >= 4 is 29.5 Å². The smallest absolute Gasteiger partial charge is 0.315 e. The van der Waals surface area contributed by atoms with Crippen molar-refractivity contribution in [3.8, 4) is 0 Å². The number of hydrogen-bond donors (Lipinski definition) is 4. The van der Waals surface area contributed by atoms with E-state index in [-0.39, 0.29) is 53.6 Å². The Morgan fingerprint density at radius 1 is 0.894 bits per heavy atom. The molecule has 258 valence electrons. The van der Waals surface area contributed by atoms with E-state index in [9.17, 15) is 24.0 Å². The standard InChI is InChI=1S/C37H55N5O5/c1-5-7-13-27(31(43)33(45)38-14-6-2)39-32(44)30-28-26(36(28,3)4)21-42(30)34(46)29(25-11-9-8-10-12-25)40-35(47)41-37-18-22-15-23(19-37)17-24(16-22)20-37/h5-6,22-30H,1-2,7-21H2,3-4H3,(H,38,45)(H,39,44)(H2,40,41,47)/t22?,23?,24?,26-,27?,28-,29-,30-,37?/m0/s1. The molecular weight excluding hydrogens is 594 g/mol. The van der Waals surface area contributed by atoms with Gasteiger partial charge in [-0.1, -0.05) is 45.3 Å². The molecule has 0 spiro atoms. The number of likely N-dealkylation sites (tertiary alicyclic amines) is 1. The Labute approximate surface area is 279 Å². The quantitative estimate of drug-likeness (QED) is 0.177. The highest BCUT2D eigenvalue weighted by Crippen LogP contribution is 2.65. The topological polar surface area (TPSA) is 137 Å². The first kappa shape index (κ1) is 33.7. The summed E-state index contributed by atoms with van der Waals surface area (Å²) in [5, 5.41) is 11.9. The number of allylic oxidation sites excluding steroid dienone is 1. The average molecular weight is 650 g/mol. The number of Topliss-reactive ketones (excluding diaryl/α,β-unsaturated/α-hetero) is 1. The molecule has 5 atom stereocenters. The lowest BCUT2D eigenvalue weighted by Gasteiger charge is -2.56. The predicted molar refractivity (Wildman–Crippen MR) is 179 cm³/mol. The number of fused-ring (bicyclic) bond motifs is 1. The lowest BCUT2D eigenvalue weighted by atomic mass is 9.53. The third kappa shape index (κ3) is 6.75. The summed E-state index contributed by atoms with van der Waals surface area (Å²) >= 11 is 0. The molecule has 0 radical (unpaired) electrons. The van der Waals surface area contributed by atoms with Crippen LogP contribution in [0.1, 0.15) is 97.3 Å². The monoisotopic (exact) mass is 649 g/mol. The Hall–Kier alpha value is -3.17. The summed E-state index contributed by atoms with van der Waals surface area (Å²) in [5.74, 6) is 0.000952. The van der Waals surface area contributed by atoms with E-state index in [1.165, 1.54) is 25.3 Å². The van der Waals surface area contributed by atoms with Crippen molar-refractivity contribution in [1.29, 1.82) is 0 Å². The molecule has 0 aromatic heterocycles. The first-order valence-electron chi connectivity index (χ1n) is 18.2. The maximum absolute atomic E-state index is 14.6. The van der Waals surface area contributed by atoms with Crippen LogP contribution in [0.5, 0.6) is 0 Å². The van der Waals surface area contributed by atoms with Gasteiger partial charge < -0.3 is 26.2 Å². The number of urea groups is 1. The Balaban J connectivity index is 1.19. The molecule has 7 aliphatic rings. The molecule has 4 N–H and O–H groups in total. The Morgan fingerprint density at radius 3 is 2.13 bits per heavy atom. The maximum atomic E-state index is 14.6. The zero-order valence-corrected chi connectivity index (χ0v) is 28.4. The fourth-order valence-electron chi connectivity index (χ4n) is 10.7. The number of nitrogens with one attached hydrogen (secondary N) is 4. The second kappa shape index (κ2) is 13.4. The van der Waals surface area contributed by atoms with Gasteiger partial charge in [-0.3, -0.25) is 19.2 Å². The van der Waals surface area contributed by atoms with Crippen LogP contribution in [0, 0.1) is 40.9 Å². The molecule has 1 heterocycles. The number of rotatable bonds is 13. The van der Waals surface area contributed by atoms with Crippen molar-refractivity contribution in [3.05, 3.63) is 25.3 Å². The molecule has 1 unspecified atom stereocenters. The molecule has 6 aliphatic carbocycles. The summed E-state index contributed by atoms with van der Waals surface area (Å²) < 4.78 is 0.